The fourth-order valence-electron chi connectivity index (χ4n) is 1.96. The molecule has 18 heavy (non-hydrogen) atoms. The highest BCUT2D eigenvalue weighted by Gasteiger charge is 2.16. The molecule has 0 aliphatic rings. The highest BCUT2D eigenvalue weighted by Crippen LogP contribution is 2.33. The highest BCUT2D eigenvalue weighted by molar-refractivity contribution is 9.10. The summed E-state index contributed by atoms with van der Waals surface area (Å²) >= 11 is 9.68. The summed E-state index contributed by atoms with van der Waals surface area (Å²) < 4.78 is 14.5. The van der Waals surface area contributed by atoms with Gasteiger partial charge in [0.1, 0.15) is 5.82 Å². The number of benzene rings is 2. The average Bonchev–Trinajstić information content (AvgIpc) is 2.28. The van der Waals surface area contributed by atoms with Crippen molar-refractivity contribution in [1.29, 1.82) is 0 Å². The van der Waals surface area contributed by atoms with E-state index in [9.17, 15) is 4.39 Å². The molecular formula is C15H13BrClF. The van der Waals surface area contributed by atoms with E-state index in [0.29, 0.717) is 12.0 Å². The van der Waals surface area contributed by atoms with Gasteiger partial charge in [0.2, 0.25) is 0 Å². The van der Waals surface area contributed by atoms with E-state index in [1.165, 1.54) is 11.6 Å². The molecule has 2 aromatic carbocycles. The van der Waals surface area contributed by atoms with Gasteiger partial charge in [-0.3, -0.25) is 0 Å². The second-order valence-corrected chi connectivity index (χ2v) is 5.68. The Balaban J connectivity index is 2.25. The molecule has 0 nitrogen and oxygen atoms in total. The third-order valence-electron chi connectivity index (χ3n) is 2.81. The van der Waals surface area contributed by atoms with Crippen molar-refractivity contribution in [1.82, 2.24) is 0 Å². The Labute approximate surface area is 120 Å². The van der Waals surface area contributed by atoms with Crippen LogP contribution in [0.3, 0.4) is 0 Å². The number of hydrogen-bond donors (Lipinski definition) is 0. The van der Waals surface area contributed by atoms with Crippen LogP contribution in [-0.2, 0) is 6.42 Å². The van der Waals surface area contributed by atoms with E-state index in [1.807, 2.05) is 31.2 Å². The molecule has 0 amide bonds. The van der Waals surface area contributed by atoms with Gasteiger partial charge in [0.25, 0.3) is 0 Å². The summed E-state index contributed by atoms with van der Waals surface area (Å²) in [6.45, 7) is 2.03. The summed E-state index contributed by atoms with van der Waals surface area (Å²) in [6.07, 6.45) is 0.614. The van der Waals surface area contributed by atoms with Crippen molar-refractivity contribution < 1.29 is 4.39 Å². The lowest BCUT2D eigenvalue weighted by Crippen LogP contribution is -2.00. The van der Waals surface area contributed by atoms with Crippen molar-refractivity contribution in [2.45, 2.75) is 18.7 Å². The average molecular weight is 328 g/mol. The van der Waals surface area contributed by atoms with Crippen LogP contribution in [-0.4, -0.2) is 0 Å². The summed E-state index contributed by atoms with van der Waals surface area (Å²) in [5.41, 5.74) is 2.83. The van der Waals surface area contributed by atoms with Crippen molar-refractivity contribution in [3.63, 3.8) is 0 Å². The minimum atomic E-state index is -0.373. The number of halogens is 3. The van der Waals surface area contributed by atoms with Crippen LogP contribution in [0.4, 0.5) is 4.39 Å². The molecule has 0 bridgehead atoms. The molecule has 0 N–H and O–H groups in total. The van der Waals surface area contributed by atoms with E-state index in [-0.39, 0.29) is 11.2 Å². The minimum Gasteiger partial charge on any atom is -0.207 e. The molecule has 2 rings (SSSR count). The fourth-order valence-corrected chi connectivity index (χ4v) is 3.11. The fraction of sp³-hybridized carbons (Fsp3) is 0.200. The second-order valence-electron chi connectivity index (χ2n) is 4.30. The smallest absolute Gasteiger partial charge is 0.129 e. The molecule has 2 aromatic rings. The molecule has 3 heteroatoms. The topological polar surface area (TPSA) is 0 Å². The maximum absolute atomic E-state index is 13.8. The highest BCUT2D eigenvalue weighted by atomic mass is 79.9. The lowest BCUT2D eigenvalue weighted by atomic mass is 10.0. The Morgan fingerprint density at radius 2 is 1.94 bits per heavy atom. The molecule has 1 atom stereocenters. The molecule has 0 aromatic heterocycles. The second kappa shape index (κ2) is 5.85. The van der Waals surface area contributed by atoms with Crippen LogP contribution in [0.25, 0.3) is 0 Å². The van der Waals surface area contributed by atoms with Gasteiger partial charge in [-0.15, -0.1) is 11.6 Å². The van der Waals surface area contributed by atoms with Crippen LogP contribution in [0.2, 0.25) is 0 Å². The third kappa shape index (κ3) is 3.12. The van der Waals surface area contributed by atoms with Gasteiger partial charge in [-0.05, 0) is 31.0 Å². The maximum atomic E-state index is 13.8. The van der Waals surface area contributed by atoms with Crippen LogP contribution >= 0.6 is 27.5 Å². The van der Waals surface area contributed by atoms with E-state index < -0.39 is 0 Å². The molecule has 0 fully saturated rings. The predicted molar refractivity (Wildman–Crippen MR) is 77.6 cm³/mol. The van der Waals surface area contributed by atoms with Crippen LogP contribution < -0.4 is 0 Å². The van der Waals surface area contributed by atoms with Gasteiger partial charge < -0.3 is 0 Å². The van der Waals surface area contributed by atoms with E-state index in [4.69, 9.17) is 11.6 Å². The molecule has 0 spiro atoms. The molecule has 94 valence electrons. The largest absolute Gasteiger partial charge is 0.207 e. The van der Waals surface area contributed by atoms with Crippen molar-refractivity contribution in [3.05, 3.63) is 69.4 Å². The minimum absolute atomic E-state index is 0.267. The summed E-state index contributed by atoms with van der Waals surface area (Å²) in [5, 5.41) is -0.373. The van der Waals surface area contributed by atoms with Crippen LogP contribution in [0.1, 0.15) is 22.1 Å². The molecule has 1 unspecified atom stereocenters. The molecule has 0 aliphatic carbocycles. The normalized spacial score (nSPS) is 12.4. The Kier molecular flexibility index (Phi) is 4.41. The number of hydrogen-bond acceptors (Lipinski definition) is 0. The lowest BCUT2D eigenvalue weighted by Gasteiger charge is -2.13. The van der Waals surface area contributed by atoms with Gasteiger partial charge in [0.15, 0.2) is 0 Å². The van der Waals surface area contributed by atoms with Crippen molar-refractivity contribution >= 4 is 27.5 Å². The Morgan fingerprint density at radius 1 is 1.22 bits per heavy atom. The van der Waals surface area contributed by atoms with E-state index in [0.717, 1.165) is 10.0 Å². The Bertz CT molecular complexity index is 534. The molecule has 0 saturated heterocycles. The quantitative estimate of drug-likeness (QED) is 0.660. The lowest BCUT2D eigenvalue weighted by molar-refractivity contribution is 0.604. The zero-order valence-electron chi connectivity index (χ0n) is 9.96. The van der Waals surface area contributed by atoms with Crippen LogP contribution in [0.15, 0.2) is 46.9 Å². The molecular weight excluding hydrogens is 315 g/mol. The van der Waals surface area contributed by atoms with Gasteiger partial charge in [-0.1, -0.05) is 51.8 Å². The van der Waals surface area contributed by atoms with E-state index in [1.54, 1.807) is 6.07 Å². The van der Waals surface area contributed by atoms with Crippen molar-refractivity contribution in [3.8, 4) is 0 Å². The Morgan fingerprint density at radius 3 is 2.61 bits per heavy atom. The zero-order chi connectivity index (χ0) is 13.1. The van der Waals surface area contributed by atoms with Gasteiger partial charge in [0, 0.05) is 10.0 Å². The van der Waals surface area contributed by atoms with Gasteiger partial charge in [-0.25, -0.2) is 4.39 Å². The van der Waals surface area contributed by atoms with Crippen molar-refractivity contribution in [2.75, 3.05) is 0 Å². The first-order valence-electron chi connectivity index (χ1n) is 5.71. The van der Waals surface area contributed by atoms with Crippen LogP contribution in [0.5, 0.6) is 0 Å². The van der Waals surface area contributed by atoms with Gasteiger partial charge in [-0.2, -0.15) is 0 Å². The predicted octanol–water partition coefficient (Wildman–Crippen LogP) is 5.42. The van der Waals surface area contributed by atoms with Crippen molar-refractivity contribution in [2.24, 2.45) is 0 Å². The molecule has 0 radical (unpaired) electrons. The number of alkyl halides is 1. The van der Waals surface area contributed by atoms with E-state index >= 15 is 0 Å². The first kappa shape index (κ1) is 13.6. The monoisotopic (exact) mass is 326 g/mol. The maximum Gasteiger partial charge on any atom is 0.129 e. The molecule has 0 heterocycles. The third-order valence-corrected chi connectivity index (χ3v) is 3.87. The first-order valence-corrected chi connectivity index (χ1v) is 6.94. The Hall–Kier alpha value is -0.860. The van der Waals surface area contributed by atoms with Gasteiger partial charge in [0.05, 0.1) is 5.38 Å². The summed E-state index contributed by atoms with van der Waals surface area (Å²) in [6, 6.07) is 13.0. The summed E-state index contributed by atoms with van der Waals surface area (Å²) in [7, 11) is 0. The number of rotatable bonds is 3. The standard InChI is InChI=1S/C15H13BrClF/c1-10-4-2-5-11(8-10)9-13(17)15-12(16)6-3-7-14(15)18/h2-8,13H,9H2,1H3. The summed E-state index contributed by atoms with van der Waals surface area (Å²) in [5.74, 6) is -0.267. The molecule has 0 aliphatic heterocycles. The van der Waals surface area contributed by atoms with Gasteiger partial charge >= 0.3 is 0 Å². The first-order chi connectivity index (χ1) is 8.58. The molecule has 0 saturated carbocycles. The number of aryl methyl sites for hydroxylation is 1. The van der Waals surface area contributed by atoms with E-state index in [2.05, 4.69) is 22.0 Å². The SMILES string of the molecule is Cc1cccc(CC(Cl)c2c(F)cccc2Br)c1. The zero-order valence-corrected chi connectivity index (χ0v) is 12.3. The van der Waals surface area contributed by atoms with Crippen LogP contribution in [0, 0.1) is 12.7 Å². The summed E-state index contributed by atoms with van der Waals surface area (Å²) in [4.78, 5) is 0.